The van der Waals surface area contributed by atoms with Gasteiger partial charge in [0, 0.05) is 22.9 Å². The van der Waals surface area contributed by atoms with Crippen LogP contribution in [0.2, 0.25) is 0 Å². The quantitative estimate of drug-likeness (QED) is 0.718. The van der Waals surface area contributed by atoms with Crippen LogP contribution >= 0.6 is 0 Å². The zero-order valence-corrected chi connectivity index (χ0v) is 15.5. The molecule has 1 amide bonds. The van der Waals surface area contributed by atoms with Crippen LogP contribution in [-0.4, -0.2) is 50.6 Å². The molecule has 7 nitrogen and oxygen atoms in total. The van der Waals surface area contributed by atoms with Gasteiger partial charge in [-0.15, -0.1) is 10.2 Å². The maximum Gasteiger partial charge on any atom is 0.407 e. The molecule has 1 aliphatic heterocycles. The highest BCUT2D eigenvalue weighted by molar-refractivity contribution is 5.98. The Bertz CT molecular complexity index is 1040. The Balaban J connectivity index is 1.71. The third-order valence-electron chi connectivity index (χ3n) is 4.99. The van der Waals surface area contributed by atoms with Crippen LogP contribution < -0.4 is 4.74 Å². The standard InChI is InChI=1S/C21H21N3O4/c1-13-8-9-17(18(25)11-13)19-15-6-2-3-7-16(15)20(23-22-19)28-14-5-4-10-24(12-14)21(26)27/h2-3,6-9,11,14,25H,4-5,10,12H2,1H3,(H,26,27). The van der Waals surface area contributed by atoms with Crippen LogP contribution in [0.5, 0.6) is 11.6 Å². The number of hydrogen-bond donors (Lipinski definition) is 2. The first kappa shape index (κ1) is 18.0. The lowest BCUT2D eigenvalue weighted by Crippen LogP contribution is -2.43. The van der Waals surface area contributed by atoms with Crippen molar-refractivity contribution < 1.29 is 19.7 Å². The lowest BCUT2D eigenvalue weighted by molar-refractivity contribution is 0.0772. The van der Waals surface area contributed by atoms with Crippen molar-refractivity contribution in [3.8, 4) is 22.9 Å². The van der Waals surface area contributed by atoms with Crippen LogP contribution in [0.4, 0.5) is 4.79 Å². The van der Waals surface area contributed by atoms with Gasteiger partial charge in [-0.3, -0.25) is 0 Å². The minimum Gasteiger partial charge on any atom is -0.507 e. The summed E-state index contributed by atoms with van der Waals surface area (Å²) in [6, 6.07) is 13.0. The molecule has 1 aromatic heterocycles. The summed E-state index contributed by atoms with van der Waals surface area (Å²) < 4.78 is 6.05. The number of phenolic OH excluding ortho intramolecular Hbond substituents is 1. The summed E-state index contributed by atoms with van der Waals surface area (Å²) in [6.45, 7) is 2.74. The van der Waals surface area contributed by atoms with Gasteiger partial charge in [-0.2, -0.15) is 0 Å². The van der Waals surface area contributed by atoms with E-state index >= 15 is 0 Å². The van der Waals surface area contributed by atoms with Gasteiger partial charge < -0.3 is 19.8 Å². The second-order valence-corrected chi connectivity index (χ2v) is 7.03. The van der Waals surface area contributed by atoms with E-state index in [9.17, 15) is 15.0 Å². The largest absolute Gasteiger partial charge is 0.507 e. The fraction of sp³-hybridized carbons (Fsp3) is 0.286. The average Bonchev–Trinajstić information content (AvgIpc) is 2.69. The van der Waals surface area contributed by atoms with E-state index in [0.717, 1.165) is 29.2 Å². The molecule has 0 bridgehead atoms. The number of amides is 1. The summed E-state index contributed by atoms with van der Waals surface area (Å²) in [7, 11) is 0. The van der Waals surface area contributed by atoms with Gasteiger partial charge in [0.1, 0.15) is 17.5 Å². The Morgan fingerprint density at radius 1 is 1.18 bits per heavy atom. The number of piperidine rings is 1. The molecule has 3 aromatic rings. The van der Waals surface area contributed by atoms with Gasteiger partial charge in [0.05, 0.1) is 6.54 Å². The second-order valence-electron chi connectivity index (χ2n) is 7.03. The smallest absolute Gasteiger partial charge is 0.407 e. The van der Waals surface area contributed by atoms with Crippen molar-refractivity contribution in [3.63, 3.8) is 0 Å². The van der Waals surface area contributed by atoms with Gasteiger partial charge >= 0.3 is 6.09 Å². The van der Waals surface area contributed by atoms with E-state index in [2.05, 4.69) is 10.2 Å². The van der Waals surface area contributed by atoms with Gasteiger partial charge in [-0.25, -0.2) is 4.79 Å². The molecule has 0 aliphatic carbocycles. The Morgan fingerprint density at radius 3 is 2.71 bits per heavy atom. The number of aryl methyl sites for hydroxylation is 1. The first-order valence-electron chi connectivity index (χ1n) is 9.23. The lowest BCUT2D eigenvalue weighted by atomic mass is 10.0. The van der Waals surface area contributed by atoms with E-state index in [4.69, 9.17) is 4.74 Å². The molecule has 1 fully saturated rings. The number of phenols is 1. The number of ether oxygens (including phenoxy) is 1. The molecule has 4 rings (SSSR count). The summed E-state index contributed by atoms with van der Waals surface area (Å²) in [4.78, 5) is 12.6. The number of benzene rings is 2. The number of carbonyl (C=O) groups is 1. The van der Waals surface area contributed by atoms with Gasteiger partial charge in [-0.05, 0) is 43.5 Å². The summed E-state index contributed by atoms with van der Waals surface area (Å²) >= 11 is 0. The molecule has 2 heterocycles. The highest BCUT2D eigenvalue weighted by atomic mass is 16.5. The van der Waals surface area contributed by atoms with E-state index in [1.165, 1.54) is 4.90 Å². The lowest BCUT2D eigenvalue weighted by Gasteiger charge is -2.30. The van der Waals surface area contributed by atoms with Crippen molar-refractivity contribution in [2.75, 3.05) is 13.1 Å². The van der Waals surface area contributed by atoms with Crippen molar-refractivity contribution in [2.45, 2.75) is 25.9 Å². The molecule has 1 aliphatic rings. The second kappa shape index (κ2) is 7.34. The summed E-state index contributed by atoms with van der Waals surface area (Å²) in [6.07, 6.45) is 0.313. The molecule has 1 atom stereocenters. The topological polar surface area (TPSA) is 95.8 Å². The molecule has 28 heavy (non-hydrogen) atoms. The maximum atomic E-state index is 11.2. The van der Waals surface area contributed by atoms with Gasteiger partial charge in [0.25, 0.3) is 0 Å². The van der Waals surface area contributed by atoms with Crippen LogP contribution in [-0.2, 0) is 0 Å². The van der Waals surface area contributed by atoms with E-state index in [1.807, 2.05) is 43.3 Å². The highest BCUT2D eigenvalue weighted by Gasteiger charge is 2.26. The monoisotopic (exact) mass is 379 g/mol. The number of nitrogens with zero attached hydrogens (tertiary/aromatic N) is 3. The molecule has 0 spiro atoms. The zero-order chi connectivity index (χ0) is 19.7. The van der Waals surface area contributed by atoms with Crippen molar-refractivity contribution in [3.05, 3.63) is 48.0 Å². The van der Waals surface area contributed by atoms with Gasteiger partial charge in [0.2, 0.25) is 5.88 Å². The highest BCUT2D eigenvalue weighted by Crippen LogP contribution is 2.36. The number of hydrogen-bond acceptors (Lipinski definition) is 5. The number of aromatic nitrogens is 2. The van der Waals surface area contributed by atoms with Crippen LogP contribution in [0.25, 0.3) is 22.0 Å². The molecule has 144 valence electrons. The maximum absolute atomic E-state index is 11.2. The van der Waals surface area contributed by atoms with E-state index in [0.29, 0.717) is 30.2 Å². The number of rotatable bonds is 3. The average molecular weight is 379 g/mol. The van der Waals surface area contributed by atoms with Crippen LogP contribution in [0.15, 0.2) is 42.5 Å². The first-order valence-corrected chi connectivity index (χ1v) is 9.23. The summed E-state index contributed by atoms with van der Waals surface area (Å²) in [5.41, 5.74) is 2.14. The zero-order valence-electron chi connectivity index (χ0n) is 15.5. The molecular formula is C21H21N3O4. The fourth-order valence-electron chi connectivity index (χ4n) is 3.57. The minimum atomic E-state index is -0.936. The Hall–Kier alpha value is -3.35. The summed E-state index contributed by atoms with van der Waals surface area (Å²) in [5, 5.41) is 29.8. The van der Waals surface area contributed by atoms with Gasteiger partial charge in [0.15, 0.2) is 0 Å². The van der Waals surface area contributed by atoms with E-state index < -0.39 is 6.09 Å². The number of fused-ring (bicyclic) bond motifs is 1. The Kier molecular flexibility index (Phi) is 4.73. The molecule has 0 radical (unpaired) electrons. The van der Waals surface area contributed by atoms with Crippen LogP contribution in [0.3, 0.4) is 0 Å². The minimum absolute atomic E-state index is 0.150. The van der Waals surface area contributed by atoms with Crippen molar-refractivity contribution in [1.29, 1.82) is 0 Å². The predicted molar refractivity (Wildman–Crippen MR) is 105 cm³/mol. The first-order chi connectivity index (χ1) is 13.5. The number of likely N-dealkylation sites (tertiary alicyclic amines) is 1. The third kappa shape index (κ3) is 3.43. The fourth-order valence-corrected chi connectivity index (χ4v) is 3.57. The van der Waals surface area contributed by atoms with Gasteiger partial charge in [-0.1, -0.05) is 24.3 Å². The predicted octanol–water partition coefficient (Wildman–Crippen LogP) is 3.83. The Morgan fingerprint density at radius 2 is 1.96 bits per heavy atom. The van der Waals surface area contributed by atoms with Crippen molar-refractivity contribution >= 4 is 16.9 Å². The van der Waals surface area contributed by atoms with Crippen LogP contribution in [0.1, 0.15) is 18.4 Å². The molecule has 2 N–H and O–H groups in total. The van der Waals surface area contributed by atoms with Crippen molar-refractivity contribution in [1.82, 2.24) is 15.1 Å². The molecular weight excluding hydrogens is 358 g/mol. The Labute approximate surface area is 162 Å². The normalized spacial score (nSPS) is 16.9. The summed E-state index contributed by atoms with van der Waals surface area (Å²) in [5.74, 6) is 0.528. The number of carboxylic acid groups (broad SMARTS) is 1. The molecule has 1 unspecified atom stereocenters. The van der Waals surface area contributed by atoms with E-state index in [1.54, 1.807) is 6.07 Å². The SMILES string of the molecule is Cc1ccc(-c2nnc(OC3CCCN(C(=O)O)C3)c3ccccc23)c(O)c1. The van der Waals surface area contributed by atoms with Crippen molar-refractivity contribution in [2.24, 2.45) is 0 Å². The third-order valence-corrected chi connectivity index (χ3v) is 4.99. The molecule has 1 saturated heterocycles. The molecule has 7 heteroatoms. The van der Waals surface area contributed by atoms with E-state index in [-0.39, 0.29) is 11.9 Å². The molecule has 0 saturated carbocycles. The van der Waals surface area contributed by atoms with Crippen LogP contribution in [0, 0.1) is 6.92 Å². The molecule has 2 aromatic carbocycles. The number of aromatic hydroxyl groups is 1.